The van der Waals surface area contributed by atoms with Crippen LogP contribution in [0.1, 0.15) is 48.8 Å². The average molecular weight is 390 g/mol. The van der Waals surface area contributed by atoms with Gasteiger partial charge in [-0.05, 0) is 49.4 Å². The zero-order valence-corrected chi connectivity index (χ0v) is 17.3. The minimum Gasteiger partial charge on any atom is -0.299 e. The van der Waals surface area contributed by atoms with Crippen molar-refractivity contribution >= 4 is 23.2 Å². The summed E-state index contributed by atoms with van der Waals surface area (Å²) in [7, 11) is 2.24. The van der Waals surface area contributed by atoms with Crippen molar-refractivity contribution in [2.45, 2.75) is 61.9 Å². The quantitative estimate of drug-likeness (QED) is 0.483. The fourth-order valence-corrected chi connectivity index (χ4v) is 4.60. The molecule has 140 valence electrons. The monoisotopic (exact) mass is 389 g/mol. The summed E-state index contributed by atoms with van der Waals surface area (Å²) in [5, 5.41) is 0.213. The zero-order chi connectivity index (χ0) is 18.5. The Labute approximate surface area is 168 Å². The summed E-state index contributed by atoms with van der Waals surface area (Å²) >= 11 is 12.5. The molecule has 2 aromatic carbocycles. The second-order valence-corrected chi connectivity index (χ2v) is 8.61. The fourth-order valence-electron chi connectivity index (χ4n) is 3.88. The van der Waals surface area contributed by atoms with Crippen molar-refractivity contribution in [1.82, 2.24) is 4.90 Å². The Kier molecular flexibility index (Phi) is 7.03. The Morgan fingerprint density at radius 1 is 1.00 bits per heavy atom. The van der Waals surface area contributed by atoms with Gasteiger partial charge in [0, 0.05) is 18.5 Å². The summed E-state index contributed by atoms with van der Waals surface area (Å²) in [6.07, 6.45) is 4.47. The molecule has 1 fully saturated rings. The predicted molar refractivity (Wildman–Crippen MR) is 113 cm³/mol. The van der Waals surface area contributed by atoms with Crippen LogP contribution in [0, 0.1) is 0 Å². The molecule has 2 aromatic rings. The van der Waals surface area contributed by atoms with Crippen LogP contribution in [-0.2, 0) is 13.0 Å². The Hall–Kier alpha value is -1.02. The van der Waals surface area contributed by atoms with E-state index in [1.165, 1.54) is 29.5 Å². The molecule has 1 saturated carbocycles. The lowest BCUT2D eigenvalue weighted by Crippen LogP contribution is -2.36. The molecule has 1 aliphatic carbocycles. The van der Waals surface area contributed by atoms with Gasteiger partial charge >= 0.3 is 0 Å². The third-order valence-corrected chi connectivity index (χ3v) is 6.94. The normalized spacial score (nSPS) is 23.7. The van der Waals surface area contributed by atoms with Crippen LogP contribution < -0.4 is 0 Å². The average Bonchev–Trinajstić information content (AvgIpc) is 2.67. The lowest BCUT2D eigenvalue weighted by Gasteiger charge is -2.37. The minimum absolute atomic E-state index is 0.0821. The van der Waals surface area contributed by atoms with Crippen molar-refractivity contribution < 1.29 is 0 Å². The first-order valence-corrected chi connectivity index (χ1v) is 10.6. The van der Waals surface area contributed by atoms with Crippen molar-refractivity contribution in [2.75, 3.05) is 7.05 Å². The van der Waals surface area contributed by atoms with Crippen molar-refractivity contribution in [2.24, 2.45) is 0 Å². The van der Waals surface area contributed by atoms with Gasteiger partial charge in [-0.25, -0.2) is 0 Å². The van der Waals surface area contributed by atoms with Gasteiger partial charge in [-0.2, -0.15) is 0 Å². The van der Waals surface area contributed by atoms with Gasteiger partial charge in [0.25, 0.3) is 0 Å². The molecule has 26 heavy (non-hydrogen) atoms. The molecule has 3 heteroatoms. The number of nitrogens with zero attached hydrogens (tertiary/aromatic N) is 1. The minimum atomic E-state index is 0.0821. The molecular weight excluding hydrogens is 361 g/mol. The second-order valence-electron chi connectivity index (χ2n) is 7.55. The van der Waals surface area contributed by atoms with Gasteiger partial charge in [0.1, 0.15) is 0 Å². The zero-order valence-electron chi connectivity index (χ0n) is 15.7. The summed E-state index contributed by atoms with van der Waals surface area (Å²) in [5.41, 5.74) is 4.12. The summed E-state index contributed by atoms with van der Waals surface area (Å²) in [5.74, 6) is 0.425. The van der Waals surface area contributed by atoms with Crippen LogP contribution in [0.5, 0.6) is 0 Å². The first-order chi connectivity index (χ1) is 12.6. The third-order valence-electron chi connectivity index (χ3n) is 5.75. The molecule has 0 bridgehead atoms. The van der Waals surface area contributed by atoms with E-state index in [1.807, 2.05) is 0 Å². The lowest BCUT2D eigenvalue weighted by atomic mass is 9.78. The first-order valence-electron chi connectivity index (χ1n) is 9.69. The molecule has 0 saturated heterocycles. The highest BCUT2D eigenvalue weighted by Gasteiger charge is 2.39. The molecular formula is C23H29Cl2N. The van der Waals surface area contributed by atoms with Gasteiger partial charge < -0.3 is 0 Å². The number of aryl methyl sites for hydroxylation is 1. The smallest absolute Gasteiger partial charge is 0.0568 e. The molecule has 0 aromatic heterocycles. The second kappa shape index (κ2) is 9.26. The largest absolute Gasteiger partial charge is 0.299 e. The summed E-state index contributed by atoms with van der Waals surface area (Å²) in [6, 6.07) is 20.3. The van der Waals surface area contributed by atoms with Crippen molar-refractivity contribution in [3.63, 3.8) is 0 Å². The highest BCUT2D eigenvalue weighted by atomic mass is 35.5. The number of alkyl halides is 2. The summed E-state index contributed by atoms with van der Waals surface area (Å²) in [6.45, 7) is 3.30. The Morgan fingerprint density at radius 2 is 1.69 bits per heavy atom. The molecule has 0 N–H and O–H groups in total. The van der Waals surface area contributed by atoms with Crippen LogP contribution in [0.4, 0.5) is 0 Å². The highest BCUT2D eigenvalue weighted by molar-refractivity contribution is 6.31. The number of benzene rings is 2. The Balaban J connectivity index is 1.51. The molecule has 3 rings (SSSR count). The fraction of sp³-hybridized carbons (Fsp3) is 0.478. The van der Waals surface area contributed by atoms with Crippen LogP contribution in [0.15, 0.2) is 54.6 Å². The van der Waals surface area contributed by atoms with Gasteiger partial charge in [-0.15, -0.1) is 23.2 Å². The summed E-state index contributed by atoms with van der Waals surface area (Å²) < 4.78 is 0. The van der Waals surface area contributed by atoms with Crippen LogP contribution in [-0.4, -0.2) is 28.7 Å². The SMILES string of the molecule is CCC(CCc1ccc(C2CC(Cl)C2Cl)cc1)N(C)Cc1ccccc1. The Morgan fingerprint density at radius 3 is 2.27 bits per heavy atom. The molecule has 1 nitrogen and oxygen atoms in total. The molecule has 0 amide bonds. The standard InChI is InChI=1S/C23H29Cl2N/c1-3-20(26(2)16-18-7-5-4-6-8-18)14-11-17-9-12-19(13-10-17)21-15-22(24)23(21)25/h4-10,12-13,20-23H,3,11,14-16H2,1-2H3. The molecule has 0 spiro atoms. The molecule has 0 radical (unpaired) electrons. The lowest BCUT2D eigenvalue weighted by molar-refractivity contribution is 0.216. The van der Waals surface area contributed by atoms with Gasteiger partial charge in [0.2, 0.25) is 0 Å². The van der Waals surface area contributed by atoms with E-state index in [1.54, 1.807) is 0 Å². The number of hydrogen-bond acceptors (Lipinski definition) is 1. The maximum atomic E-state index is 6.33. The van der Waals surface area contributed by atoms with E-state index in [0.29, 0.717) is 12.0 Å². The molecule has 0 heterocycles. The number of hydrogen-bond donors (Lipinski definition) is 0. The number of halogens is 2. The van der Waals surface area contributed by atoms with E-state index in [4.69, 9.17) is 23.2 Å². The predicted octanol–water partition coefficient (Wildman–Crippen LogP) is 6.23. The van der Waals surface area contributed by atoms with Crippen molar-refractivity contribution in [3.05, 3.63) is 71.3 Å². The van der Waals surface area contributed by atoms with Crippen molar-refractivity contribution in [3.8, 4) is 0 Å². The van der Waals surface area contributed by atoms with Crippen LogP contribution in [0.2, 0.25) is 0 Å². The van der Waals surface area contributed by atoms with Crippen molar-refractivity contribution in [1.29, 1.82) is 0 Å². The Bertz CT molecular complexity index is 670. The maximum Gasteiger partial charge on any atom is 0.0568 e. The van der Waals surface area contributed by atoms with Gasteiger partial charge in [0.05, 0.1) is 10.8 Å². The van der Waals surface area contributed by atoms with E-state index < -0.39 is 0 Å². The molecule has 1 aliphatic rings. The summed E-state index contributed by atoms with van der Waals surface area (Å²) in [4.78, 5) is 2.48. The van der Waals surface area contributed by atoms with Gasteiger partial charge in [-0.3, -0.25) is 4.90 Å². The molecule has 4 atom stereocenters. The molecule has 4 unspecified atom stereocenters. The number of rotatable bonds is 8. The highest BCUT2D eigenvalue weighted by Crippen LogP contribution is 2.44. The van der Waals surface area contributed by atoms with E-state index >= 15 is 0 Å². The third kappa shape index (κ3) is 4.82. The topological polar surface area (TPSA) is 3.24 Å². The maximum absolute atomic E-state index is 6.33. The van der Waals surface area contributed by atoms with E-state index in [0.717, 1.165) is 19.4 Å². The van der Waals surface area contributed by atoms with Gasteiger partial charge in [0.15, 0.2) is 0 Å². The van der Waals surface area contributed by atoms with Crippen LogP contribution >= 0.6 is 23.2 Å². The van der Waals surface area contributed by atoms with Crippen LogP contribution in [0.3, 0.4) is 0 Å². The van der Waals surface area contributed by atoms with E-state index in [-0.39, 0.29) is 10.8 Å². The van der Waals surface area contributed by atoms with Gasteiger partial charge in [-0.1, -0.05) is 61.5 Å². The van der Waals surface area contributed by atoms with E-state index in [2.05, 4.69) is 73.5 Å². The van der Waals surface area contributed by atoms with Crippen LogP contribution in [0.25, 0.3) is 0 Å². The van der Waals surface area contributed by atoms with E-state index in [9.17, 15) is 0 Å². The molecule has 0 aliphatic heterocycles. The first kappa shape index (κ1) is 19.7.